The molecule has 0 radical (unpaired) electrons. The van der Waals surface area contributed by atoms with Gasteiger partial charge in [0.05, 0.1) is 5.41 Å². The van der Waals surface area contributed by atoms with Crippen LogP contribution >= 0.6 is 0 Å². The van der Waals surface area contributed by atoms with E-state index in [0.717, 1.165) is 37.7 Å². The van der Waals surface area contributed by atoms with Gasteiger partial charge in [0.25, 0.3) is 0 Å². The molecule has 136 valence electrons. The van der Waals surface area contributed by atoms with E-state index in [-0.39, 0.29) is 35.2 Å². The molecule has 0 spiro atoms. The normalized spacial score (nSPS) is 45.9. The van der Waals surface area contributed by atoms with Crippen LogP contribution in [-0.2, 0) is 14.4 Å². The largest absolute Gasteiger partial charge is 0.311 e. The molecule has 0 aliphatic heterocycles. The van der Waals surface area contributed by atoms with E-state index in [0.29, 0.717) is 24.7 Å². The fourth-order valence-corrected chi connectivity index (χ4v) is 7.26. The Hall–Kier alpha value is -1.32. The van der Waals surface area contributed by atoms with Crippen molar-refractivity contribution in [2.75, 3.05) is 0 Å². The number of Topliss-reactive ketones (excluding diaryl/α,β-unsaturated/α-hetero) is 1. The highest BCUT2D eigenvalue weighted by Crippen LogP contribution is 2.67. The van der Waals surface area contributed by atoms with Gasteiger partial charge < -0.3 is 0 Å². The third-order valence-corrected chi connectivity index (χ3v) is 8.33. The Morgan fingerprint density at radius 3 is 2.52 bits per heavy atom. The molecule has 0 saturated heterocycles. The third kappa shape index (κ3) is 2.18. The number of allylic oxidation sites excluding steroid dienone is 1. The van der Waals surface area contributed by atoms with Crippen LogP contribution in [0.3, 0.4) is 0 Å². The van der Waals surface area contributed by atoms with Gasteiger partial charge in [-0.3, -0.25) is 14.4 Å². The zero-order valence-corrected chi connectivity index (χ0v) is 15.1. The van der Waals surface area contributed by atoms with E-state index in [1.54, 1.807) is 13.0 Å². The molecule has 25 heavy (non-hydrogen) atoms. The van der Waals surface area contributed by atoms with Gasteiger partial charge in [-0.15, -0.1) is 0 Å². The minimum absolute atomic E-state index is 0.000740. The first-order valence-corrected chi connectivity index (χ1v) is 9.75. The molecule has 0 aromatic heterocycles. The quantitative estimate of drug-likeness (QED) is 0.704. The van der Waals surface area contributed by atoms with Gasteiger partial charge in [-0.05, 0) is 81.1 Å². The summed E-state index contributed by atoms with van der Waals surface area (Å²) in [6, 6.07) is -1.23. The molecule has 3 fully saturated rings. The van der Waals surface area contributed by atoms with E-state index in [1.165, 1.54) is 0 Å². The summed E-state index contributed by atoms with van der Waals surface area (Å²) in [7, 11) is 0. The summed E-state index contributed by atoms with van der Waals surface area (Å²) in [6.07, 6.45) is 7.38. The molecule has 0 bridgehead atoms. The van der Waals surface area contributed by atoms with E-state index >= 15 is 0 Å². The van der Waals surface area contributed by atoms with Crippen LogP contribution < -0.4 is 0 Å². The predicted octanol–water partition coefficient (Wildman–Crippen LogP) is 4.20. The van der Waals surface area contributed by atoms with Crippen LogP contribution in [0.1, 0.15) is 65.2 Å². The Morgan fingerprint density at radius 2 is 1.84 bits per heavy atom. The summed E-state index contributed by atoms with van der Waals surface area (Å²) in [4.78, 5) is 36.2. The second-order valence-corrected chi connectivity index (χ2v) is 9.08. The molecule has 0 N–H and O–H groups in total. The molecule has 0 unspecified atom stereocenters. The zero-order valence-electron chi connectivity index (χ0n) is 15.1. The molecule has 4 aliphatic rings. The van der Waals surface area contributed by atoms with E-state index < -0.39 is 11.5 Å². The van der Waals surface area contributed by atoms with Gasteiger partial charge in [-0.1, -0.05) is 12.5 Å². The van der Waals surface area contributed by atoms with Gasteiger partial charge in [0.1, 0.15) is 5.78 Å². The van der Waals surface area contributed by atoms with Gasteiger partial charge in [0.2, 0.25) is 0 Å². The third-order valence-electron chi connectivity index (χ3n) is 8.33. The van der Waals surface area contributed by atoms with Crippen LogP contribution in [0.25, 0.3) is 0 Å². The van der Waals surface area contributed by atoms with Gasteiger partial charge in [-0.2, -0.15) is 4.39 Å². The highest BCUT2D eigenvalue weighted by molar-refractivity contribution is 5.95. The van der Waals surface area contributed by atoms with Gasteiger partial charge in [-0.25, -0.2) is 0 Å². The minimum atomic E-state index is -1.23. The highest BCUT2D eigenvalue weighted by Gasteiger charge is 2.63. The first kappa shape index (κ1) is 17.1. The lowest BCUT2D eigenvalue weighted by molar-refractivity contribution is -0.152. The second kappa shape index (κ2) is 5.59. The van der Waals surface area contributed by atoms with Crippen molar-refractivity contribution in [2.24, 2.45) is 34.5 Å². The van der Waals surface area contributed by atoms with Crippen LogP contribution in [0.15, 0.2) is 11.6 Å². The molecule has 4 heteroatoms. The first-order chi connectivity index (χ1) is 11.8. The maximum Gasteiger partial charge on any atom is 0.311 e. The van der Waals surface area contributed by atoms with Crippen molar-refractivity contribution >= 4 is 17.6 Å². The maximum absolute atomic E-state index is 14.4. The van der Waals surface area contributed by atoms with Gasteiger partial charge in [0.15, 0.2) is 5.78 Å². The molecule has 0 aromatic carbocycles. The summed E-state index contributed by atoms with van der Waals surface area (Å²) in [6.45, 7) is 3.94. The van der Waals surface area contributed by atoms with Gasteiger partial charge >= 0.3 is 6.04 Å². The van der Waals surface area contributed by atoms with Crippen LogP contribution in [-0.4, -0.2) is 17.6 Å². The highest BCUT2D eigenvalue weighted by atomic mass is 19.1. The zero-order chi connectivity index (χ0) is 18.0. The predicted molar refractivity (Wildman–Crippen MR) is 91.3 cm³/mol. The molecule has 3 nitrogen and oxygen atoms in total. The molecule has 0 amide bonds. The van der Waals surface area contributed by atoms with Crippen molar-refractivity contribution in [3.05, 3.63) is 11.6 Å². The lowest BCUT2D eigenvalue weighted by Crippen LogP contribution is -2.54. The van der Waals surface area contributed by atoms with E-state index in [4.69, 9.17) is 0 Å². The molecular formula is C21H27FO3. The number of rotatable bonds is 2. The Morgan fingerprint density at radius 1 is 1.08 bits per heavy atom. The van der Waals surface area contributed by atoms with Crippen LogP contribution in [0, 0.1) is 34.5 Å². The lowest BCUT2D eigenvalue weighted by Gasteiger charge is -2.57. The van der Waals surface area contributed by atoms with Crippen molar-refractivity contribution in [3.63, 3.8) is 0 Å². The molecule has 0 aromatic rings. The molecule has 4 aliphatic carbocycles. The molecular weight excluding hydrogens is 319 g/mol. The topological polar surface area (TPSA) is 51.2 Å². The molecule has 4 rings (SSSR count). The number of carbonyl (C=O) groups is 3. The van der Waals surface area contributed by atoms with Gasteiger partial charge in [0, 0.05) is 12.3 Å². The summed E-state index contributed by atoms with van der Waals surface area (Å²) in [5, 5.41) is 0. The number of hydrogen-bond acceptors (Lipinski definition) is 3. The van der Waals surface area contributed by atoms with Crippen molar-refractivity contribution in [2.45, 2.75) is 65.2 Å². The fraction of sp³-hybridized carbons (Fsp3) is 0.762. The van der Waals surface area contributed by atoms with E-state index in [9.17, 15) is 18.8 Å². The number of ketones is 2. The second-order valence-electron chi connectivity index (χ2n) is 9.08. The Bertz CT molecular complexity index is 681. The van der Waals surface area contributed by atoms with Crippen molar-refractivity contribution in [3.8, 4) is 0 Å². The van der Waals surface area contributed by atoms with E-state index in [2.05, 4.69) is 6.92 Å². The molecule has 6 atom stereocenters. The van der Waals surface area contributed by atoms with Crippen molar-refractivity contribution in [1.82, 2.24) is 0 Å². The summed E-state index contributed by atoms with van der Waals surface area (Å²) < 4.78 is 14.4. The average molecular weight is 346 g/mol. The Balaban J connectivity index is 1.73. The average Bonchev–Trinajstić information content (AvgIpc) is 2.91. The first-order valence-electron chi connectivity index (χ1n) is 9.75. The standard InChI is InChI=1S/C21H27FO3/c1-12(23)16-5-6-17-15-4-3-13-11-14(24)7-10-21(13,19(22)25)18(15)8-9-20(16,17)2/h11,15-18H,3-10H2,1-2H3/t15-,16+,17-,18-,20+,21+/m0/s1. The monoisotopic (exact) mass is 346 g/mol. The summed E-state index contributed by atoms with van der Waals surface area (Å²) >= 11 is 0. The van der Waals surface area contributed by atoms with Crippen LogP contribution in [0.5, 0.6) is 0 Å². The SMILES string of the molecule is CC(=O)[C@H]1CC[C@H]2[C@@H]3CCC4=CC(=O)CC[C@]4(C(=O)F)[C@H]3CC[C@]12C. The minimum Gasteiger partial charge on any atom is -0.300 e. The Labute approximate surface area is 148 Å². The van der Waals surface area contributed by atoms with Crippen LogP contribution in [0.2, 0.25) is 0 Å². The van der Waals surface area contributed by atoms with Crippen molar-refractivity contribution in [1.29, 1.82) is 0 Å². The molecule has 0 heterocycles. The van der Waals surface area contributed by atoms with E-state index in [1.807, 2.05) is 0 Å². The Kier molecular flexibility index (Phi) is 3.82. The lowest BCUT2D eigenvalue weighted by atomic mass is 9.46. The fourth-order valence-electron chi connectivity index (χ4n) is 7.26. The van der Waals surface area contributed by atoms with Crippen LogP contribution in [0.4, 0.5) is 4.39 Å². The van der Waals surface area contributed by atoms with Crippen molar-refractivity contribution < 1.29 is 18.8 Å². The summed E-state index contributed by atoms with van der Waals surface area (Å²) in [5.41, 5.74) is -0.298. The summed E-state index contributed by atoms with van der Waals surface area (Å²) in [5.74, 6) is 1.12. The smallest absolute Gasteiger partial charge is 0.300 e. The number of halogens is 1. The molecule has 3 saturated carbocycles. The number of carbonyl (C=O) groups excluding carboxylic acids is 3. The maximum atomic E-state index is 14.4. The number of hydrogen-bond donors (Lipinski definition) is 0. The number of fused-ring (bicyclic) bond motifs is 5.